The zero-order chi connectivity index (χ0) is 19.6. The molecule has 0 radical (unpaired) electrons. The van der Waals surface area contributed by atoms with Crippen molar-refractivity contribution >= 4 is 23.4 Å². The van der Waals surface area contributed by atoms with Crippen LogP contribution in [0.2, 0.25) is 5.02 Å². The van der Waals surface area contributed by atoms with Gasteiger partial charge in [0.05, 0.1) is 20.8 Å². The molecular formula is C19H21ClN2O5. The standard InChI is InChI=1S/C19H21ClN2O5/c1-25-16-10-5-13(12-17(16)26-2)19(24)22-21-18(23)4-3-11-27-15-8-6-14(20)7-9-15/h5-10,12H,3-4,11H2,1-2H3,(H,21,23)(H,22,24). The minimum atomic E-state index is -0.457. The summed E-state index contributed by atoms with van der Waals surface area (Å²) in [6.07, 6.45) is 0.709. The Morgan fingerprint density at radius 2 is 1.67 bits per heavy atom. The number of methoxy groups -OCH3 is 2. The molecule has 0 bridgehead atoms. The van der Waals surface area contributed by atoms with Crippen molar-refractivity contribution in [1.82, 2.24) is 10.9 Å². The van der Waals surface area contributed by atoms with E-state index in [9.17, 15) is 9.59 Å². The molecule has 0 spiro atoms. The first-order chi connectivity index (χ1) is 13.0. The van der Waals surface area contributed by atoms with E-state index >= 15 is 0 Å². The number of benzene rings is 2. The number of rotatable bonds is 8. The summed E-state index contributed by atoms with van der Waals surface area (Å²) >= 11 is 5.79. The maximum absolute atomic E-state index is 12.1. The van der Waals surface area contributed by atoms with Gasteiger partial charge in [-0.3, -0.25) is 20.4 Å². The minimum Gasteiger partial charge on any atom is -0.494 e. The predicted molar refractivity (Wildman–Crippen MR) is 101 cm³/mol. The van der Waals surface area contributed by atoms with Gasteiger partial charge in [-0.05, 0) is 48.9 Å². The van der Waals surface area contributed by atoms with Crippen LogP contribution < -0.4 is 25.1 Å². The normalized spacial score (nSPS) is 10.0. The molecule has 2 aromatic rings. The van der Waals surface area contributed by atoms with Crippen molar-refractivity contribution in [3.8, 4) is 17.2 Å². The number of amides is 2. The van der Waals surface area contributed by atoms with Crippen molar-refractivity contribution in [3.63, 3.8) is 0 Å². The number of hydrogen-bond acceptors (Lipinski definition) is 5. The van der Waals surface area contributed by atoms with Gasteiger partial charge >= 0.3 is 0 Å². The van der Waals surface area contributed by atoms with E-state index in [0.29, 0.717) is 40.9 Å². The molecule has 2 aromatic carbocycles. The quantitative estimate of drug-likeness (QED) is 0.533. The van der Waals surface area contributed by atoms with Gasteiger partial charge in [-0.25, -0.2) is 0 Å². The molecule has 7 nitrogen and oxygen atoms in total. The summed E-state index contributed by atoms with van der Waals surface area (Å²) in [4.78, 5) is 23.9. The fraction of sp³-hybridized carbons (Fsp3) is 0.263. The predicted octanol–water partition coefficient (Wildman–Crippen LogP) is 2.98. The molecule has 27 heavy (non-hydrogen) atoms. The fourth-order valence-electron chi connectivity index (χ4n) is 2.19. The Balaban J connectivity index is 1.71. The number of halogens is 1. The number of carbonyl (C=O) groups is 2. The Morgan fingerprint density at radius 3 is 2.33 bits per heavy atom. The SMILES string of the molecule is COc1ccc(C(=O)NNC(=O)CCCOc2ccc(Cl)cc2)cc1OC. The first-order valence-electron chi connectivity index (χ1n) is 8.23. The van der Waals surface area contributed by atoms with Gasteiger partial charge in [0, 0.05) is 17.0 Å². The molecule has 0 saturated heterocycles. The molecule has 144 valence electrons. The van der Waals surface area contributed by atoms with Gasteiger partial charge in [0.15, 0.2) is 11.5 Å². The van der Waals surface area contributed by atoms with E-state index in [4.69, 9.17) is 25.8 Å². The molecule has 0 heterocycles. The highest BCUT2D eigenvalue weighted by atomic mass is 35.5. The second kappa shape index (κ2) is 10.3. The second-order valence-corrected chi connectivity index (χ2v) is 5.91. The van der Waals surface area contributed by atoms with E-state index in [1.165, 1.54) is 20.3 Å². The van der Waals surface area contributed by atoms with Gasteiger partial charge in [-0.15, -0.1) is 0 Å². The van der Waals surface area contributed by atoms with Crippen LogP contribution in [-0.2, 0) is 4.79 Å². The number of nitrogens with one attached hydrogen (secondary N) is 2. The fourth-order valence-corrected chi connectivity index (χ4v) is 2.32. The molecule has 0 saturated carbocycles. The van der Waals surface area contributed by atoms with E-state index in [0.717, 1.165) is 0 Å². The highest BCUT2D eigenvalue weighted by molar-refractivity contribution is 6.30. The third-order valence-corrected chi connectivity index (χ3v) is 3.84. The topological polar surface area (TPSA) is 85.9 Å². The van der Waals surface area contributed by atoms with Crippen LogP contribution in [0.5, 0.6) is 17.2 Å². The summed E-state index contributed by atoms with van der Waals surface area (Å²) in [7, 11) is 2.99. The van der Waals surface area contributed by atoms with Crippen molar-refractivity contribution in [3.05, 3.63) is 53.1 Å². The Morgan fingerprint density at radius 1 is 0.963 bits per heavy atom. The summed E-state index contributed by atoms with van der Waals surface area (Å²) < 4.78 is 15.8. The van der Waals surface area contributed by atoms with Gasteiger partial charge in [0.1, 0.15) is 5.75 Å². The van der Waals surface area contributed by atoms with Gasteiger partial charge in [0.2, 0.25) is 5.91 Å². The van der Waals surface area contributed by atoms with Crippen LogP contribution in [0.3, 0.4) is 0 Å². The Kier molecular flexibility index (Phi) is 7.76. The van der Waals surface area contributed by atoms with E-state index in [1.54, 1.807) is 36.4 Å². The molecule has 2 N–H and O–H groups in total. The van der Waals surface area contributed by atoms with Crippen molar-refractivity contribution in [2.24, 2.45) is 0 Å². The number of ether oxygens (including phenoxy) is 3. The average molecular weight is 393 g/mol. The first kappa shape index (κ1) is 20.4. The molecule has 0 aliphatic carbocycles. The maximum Gasteiger partial charge on any atom is 0.269 e. The number of carbonyl (C=O) groups excluding carboxylic acids is 2. The summed E-state index contributed by atoms with van der Waals surface area (Å²) in [5, 5.41) is 0.631. The molecule has 0 fully saturated rings. The summed E-state index contributed by atoms with van der Waals surface area (Å²) in [6, 6.07) is 11.7. The Hall–Kier alpha value is -2.93. The van der Waals surface area contributed by atoms with Gasteiger partial charge in [0.25, 0.3) is 5.91 Å². The van der Waals surface area contributed by atoms with Crippen molar-refractivity contribution < 1.29 is 23.8 Å². The lowest BCUT2D eigenvalue weighted by molar-refractivity contribution is -0.122. The van der Waals surface area contributed by atoms with Crippen LogP contribution in [0.25, 0.3) is 0 Å². The molecule has 0 aliphatic rings. The first-order valence-corrected chi connectivity index (χ1v) is 8.61. The number of hydrazine groups is 1. The lowest BCUT2D eigenvalue weighted by atomic mass is 10.2. The van der Waals surface area contributed by atoms with Crippen LogP contribution in [0.1, 0.15) is 23.2 Å². The van der Waals surface area contributed by atoms with Crippen molar-refractivity contribution in [2.75, 3.05) is 20.8 Å². The third-order valence-electron chi connectivity index (χ3n) is 3.59. The van der Waals surface area contributed by atoms with E-state index in [-0.39, 0.29) is 12.3 Å². The summed E-state index contributed by atoms with van der Waals surface area (Å²) in [5.41, 5.74) is 5.06. The van der Waals surface area contributed by atoms with Gasteiger partial charge < -0.3 is 14.2 Å². The highest BCUT2D eigenvalue weighted by Crippen LogP contribution is 2.27. The smallest absolute Gasteiger partial charge is 0.269 e. The van der Waals surface area contributed by atoms with Crippen molar-refractivity contribution in [2.45, 2.75) is 12.8 Å². The number of hydrogen-bond donors (Lipinski definition) is 2. The third kappa shape index (κ3) is 6.38. The van der Waals surface area contributed by atoms with Crippen LogP contribution in [0.4, 0.5) is 0 Å². The molecule has 0 unspecified atom stereocenters. The zero-order valence-corrected chi connectivity index (χ0v) is 15.8. The van der Waals surface area contributed by atoms with Gasteiger partial charge in [-0.1, -0.05) is 11.6 Å². The molecule has 8 heteroatoms. The lowest BCUT2D eigenvalue weighted by Gasteiger charge is -2.11. The van der Waals surface area contributed by atoms with Crippen LogP contribution in [-0.4, -0.2) is 32.6 Å². The van der Waals surface area contributed by atoms with Crippen LogP contribution in [0.15, 0.2) is 42.5 Å². The van der Waals surface area contributed by atoms with E-state index in [1.807, 2.05) is 0 Å². The van der Waals surface area contributed by atoms with Crippen LogP contribution in [0, 0.1) is 0 Å². The lowest BCUT2D eigenvalue weighted by Crippen LogP contribution is -2.41. The van der Waals surface area contributed by atoms with Crippen molar-refractivity contribution in [1.29, 1.82) is 0 Å². The monoisotopic (exact) mass is 392 g/mol. The molecule has 2 rings (SSSR count). The minimum absolute atomic E-state index is 0.208. The largest absolute Gasteiger partial charge is 0.494 e. The molecular weight excluding hydrogens is 372 g/mol. The summed E-state index contributed by atoms with van der Waals surface area (Å²) in [6.45, 7) is 0.374. The Bertz CT molecular complexity index is 780. The zero-order valence-electron chi connectivity index (χ0n) is 15.1. The summed E-state index contributed by atoms with van der Waals surface area (Å²) in [5.74, 6) is 0.849. The van der Waals surface area contributed by atoms with E-state index in [2.05, 4.69) is 10.9 Å². The Labute approximate surface area is 162 Å². The molecule has 0 atom stereocenters. The maximum atomic E-state index is 12.1. The average Bonchev–Trinajstić information content (AvgIpc) is 2.70. The van der Waals surface area contributed by atoms with Crippen LogP contribution >= 0.6 is 11.6 Å². The molecule has 2 amide bonds. The van der Waals surface area contributed by atoms with Gasteiger partial charge in [-0.2, -0.15) is 0 Å². The van der Waals surface area contributed by atoms with E-state index < -0.39 is 5.91 Å². The molecule has 0 aliphatic heterocycles. The molecule has 0 aromatic heterocycles. The second-order valence-electron chi connectivity index (χ2n) is 5.48. The highest BCUT2D eigenvalue weighted by Gasteiger charge is 2.11.